The maximum Gasteiger partial charge on any atom is 0.315 e. The summed E-state index contributed by atoms with van der Waals surface area (Å²) < 4.78 is 16.3. The number of anilines is 2. The van der Waals surface area contributed by atoms with Crippen LogP contribution in [0.3, 0.4) is 0 Å². The summed E-state index contributed by atoms with van der Waals surface area (Å²) in [4.78, 5) is 49.1. The van der Waals surface area contributed by atoms with Crippen LogP contribution in [0.25, 0.3) is 0 Å². The Morgan fingerprint density at radius 2 is 1.50 bits per heavy atom. The van der Waals surface area contributed by atoms with E-state index in [-0.39, 0.29) is 36.6 Å². The number of ketones is 1. The number of benzene rings is 2. The van der Waals surface area contributed by atoms with Crippen molar-refractivity contribution in [2.45, 2.75) is 66.2 Å². The lowest BCUT2D eigenvalue weighted by Crippen LogP contribution is -2.30. The lowest BCUT2D eigenvalue weighted by Gasteiger charge is -2.22. The second-order valence-electron chi connectivity index (χ2n) is 10.8. The van der Waals surface area contributed by atoms with Gasteiger partial charge in [0, 0.05) is 18.4 Å². The molecule has 0 unspecified atom stereocenters. The van der Waals surface area contributed by atoms with Crippen molar-refractivity contribution in [1.29, 1.82) is 0 Å². The first-order chi connectivity index (χ1) is 21.1. The molecule has 0 fully saturated rings. The van der Waals surface area contributed by atoms with Gasteiger partial charge in [-0.15, -0.1) is 11.8 Å². The molecule has 44 heavy (non-hydrogen) atoms. The third-order valence-electron chi connectivity index (χ3n) is 6.31. The van der Waals surface area contributed by atoms with Crippen molar-refractivity contribution in [3.05, 3.63) is 54.6 Å². The molecule has 0 radical (unpaired) electrons. The van der Waals surface area contributed by atoms with Gasteiger partial charge >= 0.3 is 11.9 Å². The normalized spacial score (nSPS) is 11.4. The molecule has 2 aromatic carbocycles. The number of esters is 2. The molecule has 0 spiro atoms. The summed E-state index contributed by atoms with van der Waals surface area (Å²) in [6.07, 6.45) is 6.79. The van der Waals surface area contributed by atoms with E-state index in [4.69, 9.17) is 14.2 Å². The molecule has 0 aromatic heterocycles. The van der Waals surface area contributed by atoms with Gasteiger partial charge in [0.1, 0.15) is 19.0 Å². The number of ether oxygens (including phenoxy) is 3. The van der Waals surface area contributed by atoms with E-state index in [2.05, 4.69) is 22.8 Å². The molecule has 2 N–H and O–H groups in total. The molecule has 0 heterocycles. The monoisotopic (exact) mass is 627 g/mol. The van der Waals surface area contributed by atoms with Crippen LogP contribution in [0.2, 0.25) is 0 Å². The maximum absolute atomic E-state index is 12.6. The van der Waals surface area contributed by atoms with Crippen LogP contribution in [0.1, 0.15) is 66.2 Å². The number of rotatable bonds is 21. The zero-order valence-electron chi connectivity index (χ0n) is 26.2. The highest BCUT2D eigenvalue weighted by Crippen LogP contribution is 2.24. The molecule has 0 bridgehead atoms. The van der Waals surface area contributed by atoms with Gasteiger partial charge in [0.05, 0.1) is 23.5 Å². The number of nitrogens with one attached hydrogen (secondary N) is 2. The van der Waals surface area contributed by atoms with E-state index in [9.17, 15) is 19.2 Å². The maximum atomic E-state index is 12.6. The number of carbonyl (C=O) groups excluding carboxylic acids is 4. The summed E-state index contributed by atoms with van der Waals surface area (Å²) in [6, 6.07) is 15.5. The van der Waals surface area contributed by atoms with Crippen LogP contribution in [0.15, 0.2) is 59.7 Å². The number of hydrogen-bond acceptors (Lipinski definition) is 10. The van der Waals surface area contributed by atoms with E-state index in [1.807, 2.05) is 6.07 Å². The number of nitrogens with zero attached hydrogens (tertiary/aromatic N) is 1. The molecule has 0 aliphatic rings. The Hall–Kier alpha value is -3.86. The number of hydrazone groups is 1. The molecule has 0 saturated carbocycles. The van der Waals surface area contributed by atoms with Gasteiger partial charge in [-0.1, -0.05) is 57.2 Å². The van der Waals surface area contributed by atoms with Gasteiger partial charge in [0.25, 0.3) is 5.91 Å². The number of amides is 1. The van der Waals surface area contributed by atoms with E-state index in [0.29, 0.717) is 29.5 Å². The summed E-state index contributed by atoms with van der Waals surface area (Å²) >= 11 is 1.35. The molecule has 11 heteroatoms. The number of para-hydroxylation sites is 1. The molecule has 1 amide bonds. The molecule has 2 aromatic rings. The molecule has 0 atom stereocenters. The van der Waals surface area contributed by atoms with E-state index < -0.39 is 17.1 Å². The van der Waals surface area contributed by atoms with Gasteiger partial charge < -0.3 is 19.5 Å². The van der Waals surface area contributed by atoms with Crippen LogP contribution in [0.4, 0.5) is 11.4 Å². The standard InChI is InChI=1S/C33H45N3O7S/c1-5-6-7-8-9-13-20-42-29(38)23-44-24-33(3,4)32(40)43-22-21-41-28-18-16-26(17-19-28)34-31(39)30(25(2)37)36-35-27-14-11-10-12-15-27/h10-12,14-19,35H,5-9,13,20-24H2,1-4H3,(H,34,39)/b36-30+. The van der Waals surface area contributed by atoms with Crippen molar-refractivity contribution in [1.82, 2.24) is 0 Å². The van der Waals surface area contributed by atoms with Gasteiger partial charge in [0.15, 0.2) is 11.5 Å². The number of hydrogen-bond donors (Lipinski definition) is 2. The number of carbonyl (C=O) groups is 4. The van der Waals surface area contributed by atoms with Crippen LogP contribution in [0, 0.1) is 5.41 Å². The zero-order chi connectivity index (χ0) is 32.2. The van der Waals surface area contributed by atoms with Crippen molar-refractivity contribution in [3.8, 4) is 5.75 Å². The van der Waals surface area contributed by atoms with Crippen molar-refractivity contribution < 1.29 is 33.4 Å². The number of thioether (sulfide) groups is 1. The Morgan fingerprint density at radius 3 is 2.18 bits per heavy atom. The third-order valence-corrected chi connectivity index (χ3v) is 7.68. The van der Waals surface area contributed by atoms with E-state index in [1.54, 1.807) is 62.4 Å². The summed E-state index contributed by atoms with van der Waals surface area (Å²) in [7, 11) is 0. The van der Waals surface area contributed by atoms with Gasteiger partial charge in [-0.2, -0.15) is 5.10 Å². The van der Waals surface area contributed by atoms with Gasteiger partial charge in [-0.25, -0.2) is 0 Å². The minimum absolute atomic E-state index is 0.0541. The van der Waals surface area contributed by atoms with Gasteiger partial charge in [-0.3, -0.25) is 24.6 Å². The molecule has 0 saturated heterocycles. The van der Waals surface area contributed by atoms with Gasteiger partial charge in [0.2, 0.25) is 0 Å². The summed E-state index contributed by atoms with van der Waals surface area (Å²) in [5, 5.41) is 6.60. The SMILES string of the molecule is CCCCCCCCOC(=O)CSCC(C)(C)C(=O)OCCOc1ccc(NC(=O)/C(=N/Nc2ccccc2)C(C)=O)cc1. The van der Waals surface area contributed by atoms with Crippen molar-refractivity contribution in [3.63, 3.8) is 0 Å². The minimum Gasteiger partial charge on any atom is -0.490 e. The van der Waals surface area contributed by atoms with Gasteiger partial charge in [-0.05, 0) is 56.7 Å². The summed E-state index contributed by atoms with van der Waals surface area (Å²) in [5.41, 5.74) is 2.76. The second-order valence-corrected chi connectivity index (χ2v) is 11.8. The summed E-state index contributed by atoms with van der Waals surface area (Å²) in [6.45, 7) is 7.63. The highest BCUT2D eigenvalue weighted by molar-refractivity contribution is 8.00. The van der Waals surface area contributed by atoms with E-state index >= 15 is 0 Å². The topological polar surface area (TPSA) is 132 Å². The van der Waals surface area contributed by atoms with Crippen LogP contribution < -0.4 is 15.5 Å². The van der Waals surface area contributed by atoms with Crippen molar-refractivity contribution in [2.75, 3.05) is 42.1 Å². The quantitative estimate of drug-likeness (QED) is 0.0540. The van der Waals surface area contributed by atoms with Crippen LogP contribution >= 0.6 is 11.8 Å². The fraction of sp³-hybridized carbons (Fsp3) is 0.485. The Balaban J connectivity index is 1.66. The first-order valence-electron chi connectivity index (χ1n) is 15.0. The Labute approximate surface area is 264 Å². The average molecular weight is 628 g/mol. The first kappa shape index (κ1) is 36.3. The fourth-order valence-electron chi connectivity index (χ4n) is 3.80. The molecule has 0 aliphatic carbocycles. The highest BCUT2D eigenvalue weighted by atomic mass is 32.2. The van der Waals surface area contributed by atoms with Crippen LogP contribution in [-0.2, 0) is 28.7 Å². The van der Waals surface area contributed by atoms with Crippen molar-refractivity contribution in [2.24, 2.45) is 10.5 Å². The number of Topliss-reactive ketones (excluding diaryl/α,β-unsaturated/α-hetero) is 1. The van der Waals surface area contributed by atoms with Crippen LogP contribution in [-0.4, -0.2) is 60.7 Å². The fourth-order valence-corrected chi connectivity index (χ4v) is 4.78. The predicted octanol–water partition coefficient (Wildman–Crippen LogP) is 6.27. The largest absolute Gasteiger partial charge is 0.490 e. The average Bonchev–Trinajstić information content (AvgIpc) is 3.00. The second kappa shape index (κ2) is 20.2. The molecule has 2 rings (SSSR count). The minimum atomic E-state index is -0.775. The predicted molar refractivity (Wildman–Crippen MR) is 175 cm³/mol. The molecule has 10 nitrogen and oxygen atoms in total. The van der Waals surface area contributed by atoms with Crippen molar-refractivity contribution >= 4 is 52.5 Å². The molecule has 0 aliphatic heterocycles. The highest BCUT2D eigenvalue weighted by Gasteiger charge is 2.29. The molecular formula is C33H45N3O7S. The van der Waals surface area contributed by atoms with E-state index in [1.165, 1.54) is 44.4 Å². The zero-order valence-corrected chi connectivity index (χ0v) is 27.0. The first-order valence-corrected chi connectivity index (χ1v) is 16.1. The summed E-state index contributed by atoms with van der Waals surface area (Å²) in [5.74, 6) is -0.643. The number of unbranched alkanes of at least 4 members (excludes halogenated alkanes) is 5. The smallest absolute Gasteiger partial charge is 0.315 e. The van der Waals surface area contributed by atoms with E-state index in [0.717, 1.165) is 12.8 Å². The molecular weight excluding hydrogens is 582 g/mol. The Morgan fingerprint density at radius 1 is 0.818 bits per heavy atom. The third kappa shape index (κ3) is 14.5. The van der Waals surface area contributed by atoms with Crippen LogP contribution in [0.5, 0.6) is 5.75 Å². The lowest BCUT2D eigenvalue weighted by molar-refractivity contribution is -0.153. The lowest BCUT2D eigenvalue weighted by atomic mass is 9.97. The Kier molecular flexibility index (Phi) is 16.6. The Bertz CT molecular complexity index is 1220. The molecule has 240 valence electrons.